The number of amides is 2. The van der Waals surface area contributed by atoms with Crippen LogP contribution in [0.1, 0.15) is 26.5 Å². The zero-order valence-corrected chi connectivity index (χ0v) is 8.92. The zero-order chi connectivity index (χ0) is 11.6. The minimum absolute atomic E-state index is 0.0694. The van der Waals surface area contributed by atoms with Crippen molar-refractivity contribution in [3.8, 4) is 0 Å². The van der Waals surface area contributed by atoms with Crippen LogP contribution in [0.4, 0.5) is 10.7 Å². The van der Waals surface area contributed by atoms with Gasteiger partial charge in [0, 0.05) is 11.5 Å². The van der Waals surface area contributed by atoms with E-state index in [0.29, 0.717) is 5.69 Å². The van der Waals surface area contributed by atoms with Gasteiger partial charge >= 0.3 is 6.03 Å². The van der Waals surface area contributed by atoms with E-state index in [9.17, 15) is 9.59 Å². The van der Waals surface area contributed by atoms with Gasteiger partial charge < -0.3 is 5.73 Å². The van der Waals surface area contributed by atoms with Gasteiger partial charge in [-0.1, -0.05) is 20.8 Å². The number of H-pyrrole nitrogens is 1. The molecule has 4 N–H and O–H groups in total. The maximum Gasteiger partial charge on any atom is 0.318 e. The summed E-state index contributed by atoms with van der Waals surface area (Å²) >= 11 is 0. The summed E-state index contributed by atoms with van der Waals surface area (Å²) in [7, 11) is 0. The molecule has 0 saturated heterocycles. The Balaban J connectivity index is 3.17. The first-order valence-electron chi connectivity index (χ1n) is 4.47. The predicted molar refractivity (Wildman–Crippen MR) is 56.8 cm³/mol. The molecule has 0 aliphatic rings. The van der Waals surface area contributed by atoms with E-state index in [1.807, 2.05) is 20.8 Å². The molecule has 6 nitrogen and oxygen atoms in total. The number of aromatic amines is 1. The molecule has 0 atom stereocenters. The molecule has 0 fully saturated rings. The molecule has 1 rings (SSSR count). The van der Waals surface area contributed by atoms with Gasteiger partial charge in [-0.05, 0) is 0 Å². The Bertz CT molecular complexity index is 430. The number of aromatic nitrogens is 2. The number of urea groups is 1. The van der Waals surface area contributed by atoms with Gasteiger partial charge in [0.2, 0.25) is 5.95 Å². The van der Waals surface area contributed by atoms with Gasteiger partial charge in [0.15, 0.2) is 0 Å². The second kappa shape index (κ2) is 3.72. The molecule has 0 aromatic carbocycles. The number of nitrogens with one attached hydrogen (secondary N) is 2. The lowest BCUT2D eigenvalue weighted by molar-refractivity contribution is 0.259. The lowest BCUT2D eigenvalue weighted by Gasteiger charge is -2.17. The Kier molecular flexibility index (Phi) is 2.78. The molecule has 0 aliphatic heterocycles. The van der Waals surface area contributed by atoms with Gasteiger partial charge in [-0.25, -0.2) is 9.78 Å². The highest BCUT2D eigenvalue weighted by atomic mass is 16.2. The summed E-state index contributed by atoms with van der Waals surface area (Å²) in [6.45, 7) is 5.76. The van der Waals surface area contributed by atoms with Gasteiger partial charge in [0.05, 0.1) is 5.69 Å². The molecule has 0 bridgehead atoms. The summed E-state index contributed by atoms with van der Waals surface area (Å²) in [6.07, 6.45) is 0. The molecule has 1 heterocycles. The van der Waals surface area contributed by atoms with Crippen molar-refractivity contribution in [3.05, 3.63) is 22.1 Å². The Morgan fingerprint density at radius 1 is 1.53 bits per heavy atom. The van der Waals surface area contributed by atoms with Crippen molar-refractivity contribution in [1.82, 2.24) is 9.97 Å². The van der Waals surface area contributed by atoms with Gasteiger partial charge in [-0.15, -0.1) is 0 Å². The third kappa shape index (κ3) is 3.08. The van der Waals surface area contributed by atoms with Crippen molar-refractivity contribution in [2.45, 2.75) is 26.2 Å². The average Bonchev–Trinajstić information content (AvgIpc) is 1.99. The standard InChI is InChI=1S/C9H14N4O2/c1-9(2,3)5-4-6(14)12-8(11-5)13-7(10)15/h4H,1-3H3,(H4,10,11,12,13,14,15). The van der Waals surface area contributed by atoms with E-state index >= 15 is 0 Å². The maximum atomic E-state index is 11.3. The van der Waals surface area contributed by atoms with Crippen LogP contribution in [0.3, 0.4) is 0 Å². The van der Waals surface area contributed by atoms with Crippen molar-refractivity contribution in [3.63, 3.8) is 0 Å². The van der Waals surface area contributed by atoms with Crippen molar-refractivity contribution < 1.29 is 4.79 Å². The zero-order valence-electron chi connectivity index (χ0n) is 8.92. The highest BCUT2D eigenvalue weighted by Gasteiger charge is 2.17. The first kappa shape index (κ1) is 11.2. The smallest absolute Gasteiger partial charge is 0.318 e. The van der Waals surface area contributed by atoms with Crippen LogP contribution in [0.5, 0.6) is 0 Å². The van der Waals surface area contributed by atoms with Crippen LogP contribution in [0, 0.1) is 0 Å². The topological polar surface area (TPSA) is 101 Å². The Morgan fingerprint density at radius 3 is 2.60 bits per heavy atom. The van der Waals surface area contributed by atoms with Crippen LogP contribution in [-0.2, 0) is 5.41 Å². The largest absolute Gasteiger partial charge is 0.351 e. The van der Waals surface area contributed by atoms with Crippen LogP contribution < -0.4 is 16.6 Å². The Morgan fingerprint density at radius 2 is 2.13 bits per heavy atom. The molecule has 15 heavy (non-hydrogen) atoms. The molecule has 1 aromatic rings. The maximum absolute atomic E-state index is 11.3. The molecule has 0 unspecified atom stereocenters. The molecule has 0 spiro atoms. The van der Waals surface area contributed by atoms with Crippen LogP contribution in [-0.4, -0.2) is 16.0 Å². The van der Waals surface area contributed by atoms with E-state index in [2.05, 4.69) is 15.3 Å². The first-order valence-corrected chi connectivity index (χ1v) is 4.47. The molecule has 0 radical (unpaired) electrons. The molecular formula is C9H14N4O2. The van der Waals surface area contributed by atoms with Gasteiger partial charge in [0.25, 0.3) is 5.56 Å². The van der Waals surface area contributed by atoms with Crippen LogP contribution >= 0.6 is 0 Å². The molecule has 2 amide bonds. The predicted octanol–water partition coefficient (Wildman–Crippen LogP) is 0.558. The molecule has 1 aromatic heterocycles. The third-order valence-corrected chi connectivity index (χ3v) is 1.75. The Hall–Kier alpha value is -1.85. The minimum Gasteiger partial charge on any atom is -0.351 e. The molecule has 0 aliphatic carbocycles. The summed E-state index contributed by atoms with van der Waals surface area (Å²) in [5, 5.41) is 2.23. The normalized spacial score (nSPS) is 11.1. The minimum atomic E-state index is -0.760. The third-order valence-electron chi connectivity index (χ3n) is 1.75. The van der Waals surface area contributed by atoms with E-state index in [1.165, 1.54) is 6.07 Å². The number of nitrogens with zero attached hydrogens (tertiary/aromatic N) is 1. The van der Waals surface area contributed by atoms with E-state index in [-0.39, 0.29) is 16.9 Å². The Labute approximate surface area is 86.9 Å². The fourth-order valence-corrected chi connectivity index (χ4v) is 1.02. The highest BCUT2D eigenvalue weighted by molar-refractivity contribution is 5.85. The highest BCUT2D eigenvalue weighted by Crippen LogP contribution is 2.18. The quantitative estimate of drug-likeness (QED) is 0.631. The van der Waals surface area contributed by atoms with Crippen LogP contribution in [0.2, 0.25) is 0 Å². The van der Waals surface area contributed by atoms with E-state index in [4.69, 9.17) is 5.73 Å². The number of nitrogens with two attached hydrogens (primary N) is 1. The summed E-state index contributed by atoms with van der Waals surface area (Å²) in [5.74, 6) is 0.0694. The van der Waals surface area contributed by atoms with Crippen molar-refractivity contribution >= 4 is 12.0 Å². The monoisotopic (exact) mass is 210 g/mol. The summed E-state index contributed by atoms with van der Waals surface area (Å²) in [5.41, 5.74) is 4.93. The number of hydrogen-bond acceptors (Lipinski definition) is 3. The van der Waals surface area contributed by atoms with E-state index in [1.54, 1.807) is 0 Å². The first-order chi connectivity index (χ1) is 6.79. The molecule has 82 valence electrons. The van der Waals surface area contributed by atoms with Crippen LogP contribution in [0.15, 0.2) is 10.9 Å². The van der Waals surface area contributed by atoms with Crippen molar-refractivity contribution in [2.75, 3.05) is 5.32 Å². The number of primary amides is 1. The second-order valence-electron chi connectivity index (χ2n) is 4.22. The fraction of sp³-hybridized carbons (Fsp3) is 0.444. The molecule has 0 saturated carbocycles. The van der Waals surface area contributed by atoms with Crippen molar-refractivity contribution in [2.24, 2.45) is 5.73 Å². The van der Waals surface area contributed by atoms with Gasteiger partial charge in [-0.2, -0.15) is 0 Å². The SMILES string of the molecule is CC(C)(C)c1cc(=O)[nH]c(NC(N)=O)n1. The summed E-state index contributed by atoms with van der Waals surface area (Å²) < 4.78 is 0. The molecular weight excluding hydrogens is 196 g/mol. The summed E-state index contributed by atoms with van der Waals surface area (Å²) in [6, 6.07) is 0.635. The second-order valence-corrected chi connectivity index (χ2v) is 4.22. The number of hydrogen-bond donors (Lipinski definition) is 3. The number of anilines is 1. The van der Waals surface area contributed by atoms with E-state index < -0.39 is 6.03 Å². The van der Waals surface area contributed by atoms with E-state index in [0.717, 1.165) is 0 Å². The fourth-order valence-electron chi connectivity index (χ4n) is 1.02. The summed E-state index contributed by atoms with van der Waals surface area (Å²) in [4.78, 5) is 28.3. The number of carbonyl (C=O) groups is 1. The number of rotatable bonds is 1. The molecule has 6 heteroatoms. The van der Waals surface area contributed by atoms with Crippen LogP contribution in [0.25, 0.3) is 0 Å². The lowest BCUT2D eigenvalue weighted by Crippen LogP contribution is -2.26. The van der Waals surface area contributed by atoms with Gasteiger partial charge in [-0.3, -0.25) is 15.1 Å². The van der Waals surface area contributed by atoms with Crippen molar-refractivity contribution in [1.29, 1.82) is 0 Å². The lowest BCUT2D eigenvalue weighted by atomic mass is 9.92. The number of carbonyl (C=O) groups excluding carboxylic acids is 1. The van der Waals surface area contributed by atoms with Gasteiger partial charge in [0.1, 0.15) is 0 Å². The average molecular weight is 210 g/mol.